The molecule has 0 spiro atoms. The normalized spacial score (nSPS) is 10.2. The number of amides is 1. The molecule has 1 amide bonds. The molecule has 0 aliphatic heterocycles. The van der Waals surface area contributed by atoms with Crippen LogP contribution in [-0.2, 0) is 7.05 Å². The standard InChI is InChI=1S/C10H10N4O/c1-14-6-7(5-13-14)8-3-2-4-12-9(8)10(11)15/h2-6H,1H3,(H2,11,15). The number of hydrogen-bond acceptors (Lipinski definition) is 3. The lowest BCUT2D eigenvalue weighted by Crippen LogP contribution is -2.14. The lowest BCUT2D eigenvalue weighted by molar-refractivity contribution is 0.0996. The molecule has 76 valence electrons. The Hall–Kier alpha value is -2.17. The number of carbonyl (C=O) groups is 1. The third kappa shape index (κ3) is 1.71. The number of aryl methyl sites for hydroxylation is 1. The SMILES string of the molecule is Cn1cc(-c2cccnc2C(N)=O)cn1. The van der Waals surface area contributed by atoms with Crippen LogP contribution in [-0.4, -0.2) is 20.7 Å². The van der Waals surface area contributed by atoms with Gasteiger partial charge in [0, 0.05) is 30.6 Å². The molecule has 0 aliphatic rings. The lowest BCUT2D eigenvalue weighted by Gasteiger charge is -2.01. The molecule has 0 fully saturated rings. The number of rotatable bonds is 2. The molecule has 0 atom stereocenters. The van der Waals surface area contributed by atoms with Gasteiger partial charge in [0.05, 0.1) is 6.20 Å². The Morgan fingerprint density at radius 1 is 1.53 bits per heavy atom. The summed E-state index contributed by atoms with van der Waals surface area (Å²) in [6.07, 6.45) is 5.02. The molecule has 0 aliphatic carbocycles. The van der Waals surface area contributed by atoms with Crippen LogP contribution in [0.1, 0.15) is 10.5 Å². The molecule has 15 heavy (non-hydrogen) atoms. The summed E-state index contributed by atoms with van der Waals surface area (Å²) in [6.45, 7) is 0. The summed E-state index contributed by atoms with van der Waals surface area (Å²) >= 11 is 0. The monoisotopic (exact) mass is 202 g/mol. The van der Waals surface area contributed by atoms with Crippen LogP contribution >= 0.6 is 0 Å². The molecule has 0 aromatic carbocycles. The van der Waals surface area contributed by atoms with Crippen molar-refractivity contribution in [3.8, 4) is 11.1 Å². The van der Waals surface area contributed by atoms with Gasteiger partial charge in [0.1, 0.15) is 5.69 Å². The average molecular weight is 202 g/mol. The lowest BCUT2D eigenvalue weighted by atomic mass is 10.1. The van der Waals surface area contributed by atoms with Crippen LogP contribution < -0.4 is 5.73 Å². The van der Waals surface area contributed by atoms with E-state index >= 15 is 0 Å². The first-order valence-electron chi connectivity index (χ1n) is 4.42. The van der Waals surface area contributed by atoms with Crippen LogP contribution in [0.2, 0.25) is 0 Å². The topological polar surface area (TPSA) is 73.8 Å². The van der Waals surface area contributed by atoms with Crippen LogP contribution in [0.25, 0.3) is 11.1 Å². The molecule has 2 rings (SSSR count). The summed E-state index contributed by atoms with van der Waals surface area (Å²) in [5, 5.41) is 4.03. The average Bonchev–Trinajstić information content (AvgIpc) is 2.65. The summed E-state index contributed by atoms with van der Waals surface area (Å²) < 4.78 is 1.66. The summed E-state index contributed by atoms with van der Waals surface area (Å²) in [4.78, 5) is 15.1. The Kier molecular flexibility index (Phi) is 2.21. The van der Waals surface area contributed by atoms with Crippen molar-refractivity contribution < 1.29 is 4.79 Å². The Morgan fingerprint density at radius 2 is 2.33 bits per heavy atom. The molecule has 5 nitrogen and oxygen atoms in total. The van der Waals surface area contributed by atoms with Crippen LogP contribution in [0.15, 0.2) is 30.7 Å². The van der Waals surface area contributed by atoms with Gasteiger partial charge < -0.3 is 5.73 Å². The number of carbonyl (C=O) groups excluding carboxylic acids is 1. The third-order valence-corrected chi connectivity index (χ3v) is 2.06. The van der Waals surface area contributed by atoms with E-state index in [1.807, 2.05) is 13.2 Å². The minimum absolute atomic E-state index is 0.269. The Morgan fingerprint density at radius 3 is 2.93 bits per heavy atom. The van der Waals surface area contributed by atoms with Crippen molar-refractivity contribution in [3.05, 3.63) is 36.4 Å². The fourth-order valence-electron chi connectivity index (χ4n) is 1.39. The molecule has 0 unspecified atom stereocenters. The maximum Gasteiger partial charge on any atom is 0.267 e. The van der Waals surface area contributed by atoms with E-state index in [4.69, 9.17) is 5.73 Å². The van der Waals surface area contributed by atoms with Crippen LogP contribution in [0.3, 0.4) is 0 Å². The second-order valence-electron chi connectivity index (χ2n) is 3.17. The third-order valence-electron chi connectivity index (χ3n) is 2.06. The molecule has 5 heteroatoms. The second-order valence-corrected chi connectivity index (χ2v) is 3.17. The maximum atomic E-state index is 11.1. The summed E-state index contributed by atoms with van der Waals surface area (Å²) in [5.41, 5.74) is 7.04. The van der Waals surface area contributed by atoms with E-state index in [1.165, 1.54) is 0 Å². The second kappa shape index (κ2) is 3.53. The van der Waals surface area contributed by atoms with Crippen molar-refractivity contribution in [1.29, 1.82) is 0 Å². The number of pyridine rings is 1. The molecular weight excluding hydrogens is 192 g/mol. The first kappa shape index (κ1) is 9.39. The van der Waals surface area contributed by atoms with Gasteiger partial charge in [-0.2, -0.15) is 5.10 Å². The van der Waals surface area contributed by atoms with Gasteiger partial charge in [0.15, 0.2) is 0 Å². The highest BCUT2D eigenvalue weighted by molar-refractivity contribution is 5.97. The number of nitrogens with zero attached hydrogens (tertiary/aromatic N) is 3. The summed E-state index contributed by atoms with van der Waals surface area (Å²) in [7, 11) is 1.81. The predicted molar refractivity (Wildman–Crippen MR) is 55.0 cm³/mol. The molecule has 2 heterocycles. The fraction of sp³-hybridized carbons (Fsp3) is 0.100. The van der Waals surface area contributed by atoms with Crippen molar-refractivity contribution in [2.45, 2.75) is 0 Å². The highest BCUT2D eigenvalue weighted by Crippen LogP contribution is 2.20. The zero-order chi connectivity index (χ0) is 10.8. The Bertz CT molecular complexity index is 504. The van der Waals surface area contributed by atoms with E-state index < -0.39 is 5.91 Å². The first-order valence-corrected chi connectivity index (χ1v) is 4.42. The number of primary amides is 1. The van der Waals surface area contributed by atoms with Crippen LogP contribution in [0.4, 0.5) is 0 Å². The van der Waals surface area contributed by atoms with Gasteiger partial charge in [0.2, 0.25) is 0 Å². The van der Waals surface area contributed by atoms with Gasteiger partial charge in [-0.15, -0.1) is 0 Å². The quantitative estimate of drug-likeness (QED) is 0.774. The number of hydrogen-bond donors (Lipinski definition) is 1. The van der Waals surface area contributed by atoms with Crippen molar-refractivity contribution in [3.63, 3.8) is 0 Å². The van der Waals surface area contributed by atoms with E-state index in [0.717, 1.165) is 5.56 Å². The molecule has 2 aromatic heterocycles. The van der Waals surface area contributed by atoms with Crippen molar-refractivity contribution in [2.75, 3.05) is 0 Å². The van der Waals surface area contributed by atoms with Gasteiger partial charge >= 0.3 is 0 Å². The van der Waals surface area contributed by atoms with E-state index in [1.54, 1.807) is 29.2 Å². The maximum absolute atomic E-state index is 11.1. The molecule has 0 saturated heterocycles. The van der Waals surface area contributed by atoms with Gasteiger partial charge in [-0.1, -0.05) is 6.07 Å². The summed E-state index contributed by atoms with van der Waals surface area (Å²) in [6, 6.07) is 3.55. The van der Waals surface area contributed by atoms with Crippen molar-refractivity contribution in [2.24, 2.45) is 12.8 Å². The molecular formula is C10H10N4O. The zero-order valence-corrected chi connectivity index (χ0v) is 8.21. The van der Waals surface area contributed by atoms with E-state index in [-0.39, 0.29) is 5.69 Å². The number of aromatic nitrogens is 3. The molecule has 2 aromatic rings. The molecule has 0 saturated carbocycles. The minimum Gasteiger partial charge on any atom is -0.364 e. The first-order chi connectivity index (χ1) is 7.18. The minimum atomic E-state index is -0.533. The molecule has 0 bridgehead atoms. The highest BCUT2D eigenvalue weighted by Gasteiger charge is 2.11. The van der Waals surface area contributed by atoms with Crippen LogP contribution in [0, 0.1) is 0 Å². The summed E-state index contributed by atoms with van der Waals surface area (Å²) in [5.74, 6) is -0.533. The Labute approximate surface area is 86.5 Å². The van der Waals surface area contributed by atoms with Gasteiger partial charge in [-0.05, 0) is 6.07 Å². The van der Waals surface area contributed by atoms with Crippen LogP contribution in [0.5, 0.6) is 0 Å². The fourth-order valence-corrected chi connectivity index (χ4v) is 1.39. The molecule has 0 radical (unpaired) electrons. The van der Waals surface area contributed by atoms with E-state index in [9.17, 15) is 4.79 Å². The van der Waals surface area contributed by atoms with Gasteiger partial charge in [-0.3, -0.25) is 14.5 Å². The highest BCUT2D eigenvalue weighted by atomic mass is 16.1. The van der Waals surface area contributed by atoms with Crippen molar-refractivity contribution >= 4 is 5.91 Å². The predicted octanol–water partition coefficient (Wildman–Crippen LogP) is 0.581. The Balaban J connectivity index is 2.57. The van der Waals surface area contributed by atoms with Gasteiger partial charge in [0.25, 0.3) is 5.91 Å². The largest absolute Gasteiger partial charge is 0.364 e. The smallest absolute Gasteiger partial charge is 0.267 e. The van der Waals surface area contributed by atoms with E-state index in [2.05, 4.69) is 10.1 Å². The number of nitrogens with two attached hydrogens (primary N) is 1. The van der Waals surface area contributed by atoms with Crippen molar-refractivity contribution in [1.82, 2.24) is 14.8 Å². The molecule has 2 N–H and O–H groups in total. The van der Waals surface area contributed by atoms with Gasteiger partial charge in [-0.25, -0.2) is 0 Å². The zero-order valence-electron chi connectivity index (χ0n) is 8.21. The van der Waals surface area contributed by atoms with E-state index in [0.29, 0.717) is 5.56 Å².